The number of para-hydroxylation sites is 1. The molecule has 0 fully saturated rings. The summed E-state index contributed by atoms with van der Waals surface area (Å²) in [6.45, 7) is 0. The number of benzene rings is 9. The summed E-state index contributed by atoms with van der Waals surface area (Å²) in [6, 6.07) is 76.3. The number of aromatic nitrogens is 6. The molecule has 1 unspecified atom stereocenters. The predicted molar refractivity (Wildman–Crippen MR) is 283 cm³/mol. The van der Waals surface area contributed by atoms with E-state index in [9.17, 15) is 0 Å². The fraction of sp³-hybridized carbons (Fsp3) is 0.0156. The summed E-state index contributed by atoms with van der Waals surface area (Å²) in [5.41, 5.74) is 18.0. The first-order valence-electron chi connectivity index (χ1n) is 23.7. The van der Waals surface area contributed by atoms with Crippen LogP contribution in [0.15, 0.2) is 231 Å². The highest BCUT2D eigenvalue weighted by molar-refractivity contribution is 6.21. The van der Waals surface area contributed by atoms with Crippen LogP contribution in [0.25, 0.3) is 117 Å². The molecule has 4 heterocycles. The van der Waals surface area contributed by atoms with Gasteiger partial charge in [-0.1, -0.05) is 170 Å². The van der Waals surface area contributed by atoms with Crippen LogP contribution in [0.4, 0.5) is 0 Å². The van der Waals surface area contributed by atoms with E-state index in [0.717, 1.165) is 88.2 Å². The zero-order chi connectivity index (χ0) is 45.9. The van der Waals surface area contributed by atoms with E-state index in [-0.39, 0.29) is 0 Å². The molecule has 0 saturated carbocycles. The number of fused-ring (bicyclic) bond motifs is 15. The van der Waals surface area contributed by atoms with Crippen LogP contribution in [-0.2, 0) is 5.41 Å². The minimum Gasteiger partial charge on any atom is -0.278 e. The van der Waals surface area contributed by atoms with E-state index < -0.39 is 5.41 Å². The minimum atomic E-state index is -0.693. The Bertz CT molecular complexity index is 4180. The van der Waals surface area contributed by atoms with Crippen molar-refractivity contribution in [3.63, 3.8) is 0 Å². The third-order valence-corrected chi connectivity index (χ3v) is 14.8. The van der Waals surface area contributed by atoms with Crippen molar-refractivity contribution in [1.29, 1.82) is 0 Å². The van der Waals surface area contributed by atoms with Crippen LogP contribution in [0.5, 0.6) is 0 Å². The van der Waals surface area contributed by atoms with Crippen molar-refractivity contribution in [1.82, 2.24) is 29.5 Å². The number of hydrogen-bond donors (Lipinski definition) is 0. The maximum absolute atomic E-state index is 5.42. The highest BCUT2D eigenvalue weighted by Gasteiger charge is 2.52. The molecule has 6 nitrogen and oxygen atoms in total. The molecule has 70 heavy (non-hydrogen) atoms. The van der Waals surface area contributed by atoms with Crippen molar-refractivity contribution in [2.24, 2.45) is 0 Å². The van der Waals surface area contributed by atoms with Gasteiger partial charge in [0.05, 0.1) is 33.5 Å². The van der Waals surface area contributed by atoms with E-state index in [1.54, 1.807) is 0 Å². The maximum atomic E-state index is 5.42. The Kier molecular flexibility index (Phi) is 8.18. The summed E-state index contributed by atoms with van der Waals surface area (Å²) in [4.78, 5) is 25.6. The second-order valence-electron chi connectivity index (χ2n) is 18.3. The third kappa shape index (κ3) is 5.35. The van der Waals surface area contributed by atoms with Crippen molar-refractivity contribution >= 4 is 43.4 Å². The number of nitrogens with zero attached hydrogens (tertiary/aromatic N) is 6. The molecule has 0 N–H and O–H groups in total. The van der Waals surface area contributed by atoms with Crippen molar-refractivity contribution in [2.75, 3.05) is 0 Å². The lowest BCUT2D eigenvalue weighted by atomic mass is 9.70. The van der Waals surface area contributed by atoms with Crippen LogP contribution in [0.1, 0.15) is 22.3 Å². The number of hydrogen-bond acceptors (Lipinski definition) is 5. The highest BCUT2D eigenvalue weighted by Crippen LogP contribution is 2.63. The molecule has 0 radical (unpaired) electrons. The van der Waals surface area contributed by atoms with Gasteiger partial charge in [-0.25, -0.2) is 19.9 Å². The molecular formula is C64H38N6. The fourth-order valence-electron chi connectivity index (χ4n) is 12.0. The fourth-order valence-corrected chi connectivity index (χ4v) is 12.0. The van der Waals surface area contributed by atoms with E-state index in [2.05, 4.69) is 199 Å². The molecule has 0 aliphatic heterocycles. The standard InChI is InChI=1S/C64H38N6/c1-3-17-39(18-4-1)55-38-56(40-19-5-2-6-20-40)69-63(68-55)70-57-29-14-12-22-43(57)50-36-49-42-21-11-13-27-51(42)64(54(49)37-58(50)70)52-28-15-32-65-61(52)48-31-30-41(35-53(48)64)59-44-23-7-9-25-46(44)60(62-66-33-16-34-67-62)47-26-10-8-24-45(47)59/h1-38H. The quantitative estimate of drug-likeness (QED) is 0.161. The maximum Gasteiger partial charge on any atom is 0.235 e. The van der Waals surface area contributed by atoms with Gasteiger partial charge in [-0.15, -0.1) is 0 Å². The van der Waals surface area contributed by atoms with Gasteiger partial charge in [0, 0.05) is 51.6 Å². The van der Waals surface area contributed by atoms with E-state index in [0.29, 0.717) is 11.8 Å². The normalized spacial score (nSPS) is 14.3. The Morgan fingerprint density at radius 2 is 0.900 bits per heavy atom. The lowest BCUT2D eigenvalue weighted by molar-refractivity contribution is 0.792. The van der Waals surface area contributed by atoms with Gasteiger partial charge < -0.3 is 0 Å². The molecular weight excluding hydrogens is 853 g/mol. The minimum absolute atomic E-state index is 0.621. The van der Waals surface area contributed by atoms with Gasteiger partial charge in [-0.3, -0.25) is 9.55 Å². The third-order valence-electron chi connectivity index (χ3n) is 14.8. The van der Waals surface area contributed by atoms with Gasteiger partial charge in [-0.05, 0) is 109 Å². The van der Waals surface area contributed by atoms with Gasteiger partial charge in [0.25, 0.3) is 0 Å². The Hall–Kier alpha value is -9.39. The van der Waals surface area contributed by atoms with E-state index in [1.807, 2.05) is 36.8 Å². The monoisotopic (exact) mass is 890 g/mol. The first kappa shape index (κ1) is 38.7. The molecule has 0 saturated heterocycles. The molecule has 0 amide bonds. The largest absolute Gasteiger partial charge is 0.278 e. The van der Waals surface area contributed by atoms with Crippen LogP contribution in [0.3, 0.4) is 0 Å². The van der Waals surface area contributed by atoms with E-state index in [4.69, 9.17) is 24.9 Å². The molecule has 13 aromatic rings. The molecule has 1 atom stereocenters. The molecule has 0 bridgehead atoms. The smallest absolute Gasteiger partial charge is 0.235 e. The average Bonchev–Trinajstić information content (AvgIpc) is 4.03. The second kappa shape index (κ2) is 14.8. The summed E-state index contributed by atoms with van der Waals surface area (Å²) in [5, 5.41) is 6.82. The van der Waals surface area contributed by atoms with Crippen LogP contribution in [0, 0.1) is 0 Å². The Labute approximate surface area is 402 Å². The van der Waals surface area contributed by atoms with Crippen molar-refractivity contribution in [3.05, 3.63) is 253 Å². The highest BCUT2D eigenvalue weighted by atomic mass is 15.2. The van der Waals surface area contributed by atoms with Gasteiger partial charge in [-0.2, -0.15) is 0 Å². The zero-order valence-corrected chi connectivity index (χ0v) is 37.6. The molecule has 4 aromatic heterocycles. The lowest BCUT2D eigenvalue weighted by Crippen LogP contribution is -2.26. The summed E-state index contributed by atoms with van der Waals surface area (Å²) in [5.74, 6) is 1.34. The van der Waals surface area contributed by atoms with E-state index in [1.165, 1.54) is 38.9 Å². The molecule has 15 rings (SSSR count). The summed E-state index contributed by atoms with van der Waals surface area (Å²) < 4.78 is 2.28. The first-order valence-corrected chi connectivity index (χ1v) is 23.7. The summed E-state index contributed by atoms with van der Waals surface area (Å²) >= 11 is 0. The summed E-state index contributed by atoms with van der Waals surface area (Å²) in [6.07, 6.45) is 5.59. The van der Waals surface area contributed by atoms with Crippen molar-refractivity contribution in [2.45, 2.75) is 5.41 Å². The first-order chi connectivity index (χ1) is 34.7. The van der Waals surface area contributed by atoms with E-state index >= 15 is 0 Å². The Morgan fingerprint density at radius 3 is 1.60 bits per heavy atom. The predicted octanol–water partition coefficient (Wildman–Crippen LogP) is 15.1. The lowest BCUT2D eigenvalue weighted by Gasteiger charge is -2.30. The van der Waals surface area contributed by atoms with Gasteiger partial charge >= 0.3 is 0 Å². The Morgan fingerprint density at radius 1 is 0.329 bits per heavy atom. The van der Waals surface area contributed by atoms with Crippen LogP contribution in [-0.4, -0.2) is 29.5 Å². The molecule has 1 spiro atoms. The van der Waals surface area contributed by atoms with Crippen molar-refractivity contribution in [3.8, 4) is 73.4 Å². The second-order valence-corrected chi connectivity index (χ2v) is 18.3. The molecule has 2 aliphatic carbocycles. The van der Waals surface area contributed by atoms with Gasteiger partial charge in [0.1, 0.15) is 0 Å². The molecule has 6 heteroatoms. The van der Waals surface area contributed by atoms with Crippen LogP contribution >= 0.6 is 0 Å². The molecule has 2 aliphatic rings. The van der Waals surface area contributed by atoms with Gasteiger partial charge in [0.2, 0.25) is 5.95 Å². The summed E-state index contributed by atoms with van der Waals surface area (Å²) in [7, 11) is 0. The SMILES string of the molecule is c1ccc(-c2cc(-c3ccccc3)nc(-n3c4ccccc4c4cc5c(cc43)C3(c4ccccc4-5)c4cc(-c5c6ccccc6c(-c6ncccn6)c6ccccc56)ccc4-c4ncccc43)n2)cc1. The topological polar surface area (TPSA) is 69.4 Å². The van der Waals surface area contributed by atoms with Gasteiger partial charge in [0.15, 0.2) is 5.82 Å². The van der Waals surface area contributed by atoms with Crippen LogP contribution < -0.4 is 0 Å². The van der Waals surface area contributed by atoms with Crippen molar-refractivity contribution < 1.29 is 0 Å². The zero-order valence-electron chi connectivity index (χ0n) is 37.6. The Balaban J connectivity index is 1.03. The average molecular weight is 891 g/mol. The van der Waals surface area contributed by atoms with Crippen LogP contribution in [0.2, 0.25) is 0 Å². The molecule has 9 aromatic carbocycles. The molecule has 324 valence electrons. The number of pyridine rings is 1. The number of rotatable bonds is 5.